The van der Waals surface area contributed by atoms with Crippen molar-refractivity contribution in [2.24, 2.45) is 0 Å². The van der Waals surface area contributed by atoms with Gasteiger partial charge < -0.3 is 14.9 Å². The maximum Gasteiger partial charge on any atom is 0.108 e. The SMILES string of the molecule is C[C@@H]1O[C@H](CO)[C@H](O)C1S(C)=S. The van der Waals surface area contributed by atoms with Gasteiger partial charge in [-0.25, -0.2) is 0 Å². The molecule has 0 spiro atoms. The molecule has 0 radical (unpaired) electrons. The average molecular weight is 210 g/mol. The average Bonchev–Trinajstić information content (AvgIpc) is 2.25. The largest absolute Gasteiger partial charge is 0.394 e. The van der Waals surface area contributed by atoms with Gasteiger partial charge in [-0.1, -0.05) is 11.2 Å². The van der Waals surface area contributed by atoms with Crippen molar-refractivity contribution < 1.29 is 14.9 Å². The summed E-state index contributed by atoms with van der Waals surface area (Å²) in [7, 11) is -0.276. The normalized spacial score (nSPS) is 44.7. The van der Waals surface area contributed by atoms with Gasteiger partial charge in [0.1, 0.15) is 6.10 Å². The molecule has 0 amide bonds. The quantitative estimate of drug-likeness (QED) is 0.627. The molecule has 2 unspecified atom stereocenters. The first-order valence-electron chi connectivity index (χ1n) is 3.84. The summed E-state index contributed by atoms with van der Waals surface area (Å²) in [4.78, 5) is 0. The third-order valence-corrected chi connectivity index (χ3v) is 4.23. The zero-order valence-electron chi connectivity index (χ0n) is 7.14. The first kappa shape index (κ1) is 10.5. The van der Waals surface area contributed by atoms with Crippen LogP contribution in [0.2, 0.25) is 0 Å². The van der Waals surface area contributed by atoms with Gasteiger partial charge in [0.25, 0.3) is 0 Å². The Morgan fingerprint density at radius 2 is 2.17 bits per heavy atom. The van der Waals surface area contributed by atoms with Crippen LogP contribution >= 0.6 is 0 Å². The summed E-state index contributed by atoms with van der Waals surface area (Å²) in [6, 6.07) is 0. The first-order valence-corrected chi connectivity index (χ1v) is 6.46. The molecule has 1 aliphatic rings. The van der Waals surface area contributed by atoms with Gasteiger partial charge in [0, 0.05) is 0 Å². The summed E-state index contributed by atoms with van der Waals surface area (Å²) in [5, 5.41) is 18.5. The topological polar surface area (TPSA) is 49.7 Å². The second kappa shape index (κ2) is 4.11. The van der Waals surface area contributed by atoms with Crippen molar-refractivity contribution in [1.82, 2.24) is 0 Å². The highest BCUT2D eigenvalue weighted by Gasteiger charge is 2.41. The van der Waals surface area contributed by atoms with Gasteiger partial charge in [-0.2, -0.15) is 0 Å². The Hall–Kier alpha value is 0.450. The zero-order valence-corrected chi connectivity index (χ0v) is 8.77. The molecule has 0 aromatic rings. The molecule has 0 aliphatic carbocycles. The highest BCUT2D eigenvalue weighted by Crippen LogP contribution is 2.24. The van der Waals surface area contributed by atoms with Crippen LogP contribution in [0.1, 0.15) is 6.92 Å². The van der Waals surface area contributed by atoms with Crippen molar-refractivity contribution in [1.29, 1.82) is 0 Å². The molecule has 3 nitrogen and oxygen atoms in total. The Morgan fingerprint density at radius 1 is 1.58 bits per heavy atom. The zero-order chi connectivity index (χ0) is 9.30. The Kier molecular flexibility index (Phi) is 3.60. The van der Waals surface area contributed by atoms with Gasteiger partial charge in [0.05, 0.1) is 24.1 Å². The van der Waals surface area contributed by atoms with Gasteiger partial charge >= 0.3 is 0 Å². The van der Waals surface area contributed by atoms with E-state index >= 15 is 0 Å². The molecule has 5 heteroatoms. The summed E-state index contributed by atoms with van der Waals surface area (Å²) in [5.74, 6) is 0. The van der Waals surface area contributed by atoms with E-state index in [2.05, 4.69) is 0 Å². The van der Waals surface area contributed by atoms with Crippen LogP contribution in [0.15, 0.2) is 0 Å². The fourth-order valence-electron chi connectivity index (χ4n) is 1.54. The van der Waals surface area contributed by atoms with Gasteiger partial charge in [-0.15, -0.1) is 9.45 Å². The monoisotopic (exact) mass is 210 g/mol. The lowest BCUT2D eigenvalue weighted by Gasteiger charge is -2.16. The molecule has 1 rings (SSSR count). The smallest absolute Gasteiger partial charge is 0.108 e. The molecule has 1 saturated heterocycles. The van der Waals surface area contributed by atoms with Crippen LogP contribution in [0.4, 0.5) is 0 Å². The minimum absolute atomic E-state index is 0.00264. The molecular weight excluding hydrogens is 196 g/mol. The lowest BCUT2D eigenvalue weighted by Crippen LogP contribution is -2.35. The summed E-state index contributed by atoms with van der Waals surface area (Å²) in [5.41, 5.74) is 0. The second-order valence-electron chi connectivity index (χ2n) is 3.02. The van der Waals surface area contributed by atoms with Crippen LogP contribution in [0.3, 0.4) is 0 Å². The summed E-state index contributed by atoms with van der Waals surface area (Å²) >= 11 is 5.10. The van der Waals surface area contributed by atoms with E-state index in [-0.39, 0.29) is 27.4 Å². The predicted molar refractivity (Wildman–Crippen MR) is 51.9 cm³/mol. The van der Waals surface area contributed by atoms with Crippen molar-refractivity contribution in [3.63, 3.8) is 0 Å². The molecule has 5 atom stereocenters. The third kappa shape index (κ3) is 1.85. The number of aliphatic hydroxyl groups is 2. The minimum atomic E-state index is -0.601. The van der Waals surface area contributed by atoms with Crippen LogP contribution in [0.25, 0.3) is 0 Å². The lowest BCUT2D eigenvalue weighted by molar-refractivity contribution is -0.0170. The van der Waals surface area contributed by atoms with Crippen LogP contribution in [-0.2, 0) is 25.4 Å². The summed E-state index contributed by atoms with van der Waals surface area (Å²) in [6.45, 7) is 1.76. The van der Waals surface area contributed by atoms with Gasteiger partial charge in [0.2, 0.25) is 0 Å². The van der Waals surface area contributed by atoms with E-state index in [1.165, 1.54) is 0 Å². The summed E-state index contributed by atoms with van der Waals surface area (Å²) in [6.07, 6.45) is 0.824. The fourth-order valence-corrected chi connectivity index (χ4v) is 3.52. The molecule has 1 heterocycles. The van der Waals surface area contributed by atoms with Gasteiger partial charge in [0.15, 0.2) is 0 Å². The molecule has 0 saturated carbocycles. The number of ether oxygens (including phenoxy) is 1. The Bertz CT molecular complexity index is 185. The van der Waals surface area contributed by atoms with Crippen molar-refractivity contribution in [2.45, 2.75) is 30.5 Å². The molecule has 2 N–H and O–H groups in total. The number of aliphatic hydroxyl groups excluding tert-OH is 2. The van der Waals surface area contributed by atoms with E-state index < -0.39 is 12.2 Å². The van der Waals surface area contributed by atoms with E-state index in [9.17, 15) is 5.11 Å². The third-order valence-electron chi connectivity index (χ3n) is 2.13. The number of hydrogen-bond donors (Lipinski definition) is 2. The number of rotatable bonds is 2. The Morgan fingerprint density at radius 3 is 2.42 bits per heavy atom. The van der Waals surface area contributed by atoms with Crippen LogP contribution < -0.4 is 0 Å². The minimum Gasteiger partial charge on any atom is -0.394 e. The van der Waals surface area contributed by atoms with Crippen LogP contribution in [-0.4, -0.2) is 46.6 Å². The van der Waals surface area contributed by atoms with Crippen molar-refractivity contribution in [3.05, 3.63) is 0 Å². The molecule has 72 valence electrons. The molecule has 0 aromatic carbocycles. The number of hydrogen-bond acceptors (Lipinski definition) is 4. The van der Waals surface area contributed by atoms with Crippen LogP contribution in [0, 0.1) is 0 Å². The van der Waals surface area contributed by atoms with E-state index in [0.29, 0.717) is 0 Å². The van der Waals surface area contributed by atoms with E-state index in [1.807, 2.05) is 13.2 Å². The van der Waals surface area contributed by atoms with E-state index in [4.69, 9.17) is 21.0 Å². The van der Waals surface area contributed by atoms with Gasteiger partial charge in [-0.3, -0.25) is 0 Å². The second-order valence-corrected chi connectivity index (χ2v) is 6.13. The van der Waals surface area contributed by atoms with Crippen LogP contribution in [0.5, 0.6) is 0 Å². The maximum atomic E-state index is 9.64. The standard InChI is InChI=1S/C7H14O3S2/c1-4-7(12(2)11)6(9)5(3-8)10-4/h4-9H,3H2,1-2H3/t4-,5+,6-,7?,12?/m0/s1. The van der Waals surface area contributed by atoms with E-state index in [1.54, 1.807) is 0 Å². The summed E-state index contributed by atoms with van der Waals surface area (Å²) < 4.78 is 5.34. The maximum absolute atomic E-state index is 9.64. The highest BCUT2D eigenvalue weighted by atomic mass is 32.8. The molecule has 12 heavy (non-hydrogen) atoms. The molecular formula is C7H14O3S2. The van der Waals surface area contributed by atoms with Crippen molar-refractivity contribution >= 4 is 20.6 Å². The van der Waals surface area contributed by atoms with Crippen molar-refractivity contribution in [2.75, 3.05) is 12.9 Å². The molecule has 1 aliphatic heterocycles. The highest BCUT2D eigenvalue weighted by molar-refractivity contribution is 8.28. The molecule has 1 fully saturated rings. The Balaban J connectivity index is 2.70. The first-order chi connectivity index (χ1) is 5.57. The molecule has 0 bridgehead atoms. The van der Waals surface area contributed by atoms with E-state index in [0.717, 1.165) is 0 Å². The van der Waals surface area contributed by atoms with Gasteiger partial charge in [-0.05, 0) is 13.2 Å². The fraction of sp³-hybridized carbons (Fsp3) is 1.00. The van der Waals surface area contributed by atoms with Crippen molar-refractivity contribution in [3.8, 4) is 0 Å². The lowest BCUT2D eigenvalue weighted by atomic mass is 10.1. The Labute approximate surface area is 79.3 Å². The molecule has 0 aromatic heterocycles. The predicted octanol–water partition coefficient (Wildman–Crippen LogP) is -0.794.